The summed E-state index contributed by atoms with van der Waals surface area (Å²) in [6.45, 7) is 1.89. The van der Waals surface area contributed by atoms with Crippen molar-refractivity contribution >= 4 is 45.0 Å². The Kier molecular flexibility index (Phi) is 7.27. The smallest absolute Gasteiger partial charge is 0.207 e. The van der Waals surface area contributed by atoms with Crippen LogP contribution in [0.15, 0.2) is 17.0 Å². The van der Waals surface area contributed by atoms with E-state index in [1.807, 2.05) is 13.2 Å². The maximum absolute atomic E-state index is 14.3. The van der Waals surface area contributed by atoms with Crippen molar-refractivity contribution in [2.45, 2.75) is 30.2 Å². The number of nitrogens with zero attached hydrogens (tertiary/aromatic N) is 1. The molecule has 1 aromatic rings. The van der Waals surface area contributed by atoms with Crippen LogP contribution in [0.2, 0.25) is 5.02 Å². The van der Waals surface area contributed by atoms with Crippen LogP contribution in [-0.4, -0.2) is 37.8 Å². The largest absolute Gasteiger partial charge is 0.246 e. The Balaban J connectivity index is 3.33. The summed E-state index contributed by atoms with van der Waals surface area (Å²) in [6, 6.07) is 2.26. The molecule has 0 heterocycles. The van der Waals surface area contributed by atoms with Crippen molar-refractivity contribution < 1.29 is 12.8 Å². The quantitative estimate of drug-likeness (QED) is 0.678. The summed E-state index contributed by atoms with van der Waals surface area (Å²) in [7, 11) is -2.50. The van der Waals surface area contributed by atoms with Crippen LogP contribution in [0.4, 0.5) is 4.39 Å². The third-order valence-electron chi connectivity index (χ3n) is 3.22. The van der Waals surface area contributed by atoms with E-state index in [0.29, 0.717) is 12.2 Å². The SMILES string of the molecule is CCC(CSC)N(C)S(=O)(=O)c1cc(Cl)cc(CCl)c1F. The first kappa shape index (κ1) is 19.0. The Hall–Kier alpha value is -0.0100. The second-order valence-electron chi connectivity index (χ2n) is 4.55. The van der Waals surface area contributed by atoms with Gasteiger partial charge in [-0.25, -0.2) is 12.8 Å². The molecule has 0 radical (unpaired) electrons. The molecule has 1 rings (SSSR count). The molecular weight excluding hydrogens is 356 g/mol. The highest BCUT2D eigenvalue weighted by Crippen LogP contribution is 2.28. The molecular formula is C13H18Cl2FNO2S2. The zero-order valence-corrected chi connectivity index (χ0v) is 15.2. The number of sulfonamides is 1. The lowest BCUT2D eigenvalue weighted by atomic mass is 10.2. The summed E-state index contributed by atoms with van der Waals surface area (Å²) >= 11 is 13.1. The minimum atomic E-state index is -3.96. The first-order valence-corrected chi connectivity index (χ1v) is 10.0. The van der Waals surface area contributed by atoms with Crippen LogP contribution in [0.25, 0.3) is 0 Å². The van der Waals surface area contributed by atoms with Crippen LogP contribution in [0.3, 0.4) is 0 Å². The number of halogens is 3. The lowest BCUT2D eigenvalue weighted by Gasteiger charge is -2.26. The summed E-state index contributed by atoms with van der Waals surface area (Å²) in [4.78, 5) is -0.423. The topological polar surface area (TPSA) is 37.4 Å². The summed E-state index contributed by atoms with van der Waals surface area (Å²) in [5, 5.41) is 0.150. The highest BCUT2D eigenvalue weighted by Gasteiger charge is 2.30. The predicted octanol–water partition coefficient (Wildman–Crippen LogP) is 3.98. The van der Waals surface area contributed by atoms with Crippen LogP contribution in [-0.2, 0) is 15.9 Å². The first-order valence-electron chi connectivity index (χ1n) is 6.30. The van der Waals surface area contributed by atoms with Gasteiger partial charge in [-0.3, -0.25) is 0 Å². The number of benzene rings is 1. The van der Waals surface area contributed by atoms with Gasteiger partial charge in [0, 0.05) is 29.4 Å². The Morgan fingerprint density at radius 3 is 2.52 bits per heavy atom. The fourth-order valence-corrected chi connectivity index (χ4v) is 4.93. The second kappa shape index (κ2) is 8.02. The molecule has 1 atom stereocenters. The number of rotatable bonds is 7. The molecule has 0 aliphatic heterocycles. The monoisotopic (exact) mass is 373 g/mol. The van der Waals surface area contributed by atoms with Crippen LogP contribution in [0, 0.1) is 5.82 Å². The van der Waals surface area contributed by atoms with E-state index < -0.39 is 20.7 Å². The first-order chi connectivity index (χ1) is 9.79. The van der Waals surface area contributed by atoms with Gasteiger partial charge in [0.2, 0.25) is 10.0 Å². The van der Waals surface area contributed by atoms with Gasteiger partial charge < -0.3 is 0 Å². The van der Waals surface area contributed by atoms with E-state index >= 15 is 0 Å². The van der Waals surface area contributed by atoms with E-state index in [0.717, 1.165) is 6.07 Å². The standard InChI is InChI=1S/C13H18Cl2FNO2S2/c1-4-11(8-20-3)17(2)21(18,19)12-6-10(15)5-9(7-14)13(12)16/h5-6,11H,4,7-8H2,1-3H3. The second-order valence-corrected chi connectivity index (χ2v) is 8.13. The molecule has 0 spiro atoms. The van der Waals surface area contributed by atoms with Gasteiger partial charge in [0.1, 0.15) is 10.7 Å². The molecule has 3 nitrogen and oxygen atoms in total. The molecule has 1 unspecified atom stereocenters. The molecule has 0 saturated carbocycles. The Morgan fingerprint density at radius 1 is 1.43 bits per heavy atom. The molecule has 120 valence electrons. The Morgan fingerprint density at radius 2 is 2.05 bits per heavy atom. The van der Waals surface area contributed by atoms with Gasteiger partial charge in [0.25, 0.3) is 0 Å². The molecule has 0 N–H and O–H groups in total. The van der Waals surface area contributed by atoms with Gasteiger partial charge in [-0.1, -0.05) is 18.5 Å². The minimum absolute atomic E-state index is 0.0778. The van der Waals surface area contributed by atoms with Gasteiger partial charge in [-0.15, -0.1) is 11.6 Å². The third kappa shape index (κ3) is 4.26. The number of hydrogen-bond donors (Lipinski definition) is 0. The summed E-state index contributed by atoms with van der Waals surface area (Å²) in [6.07, 6.45) is 2.54. The molecule has 21 heavy (non-hydrogen) atoms. The molecule has 0 aromatic heterocycles. The number of thioether (sulfide) groups is 1. The van der Waals surface area contributed by atoms with Crippen LogP contribution >= 0.6 is 35.0 Å². The maximum Gasteiger partial charge on any atom is 0.246 e. The van der Waals surface area contributed by atoms with Gasteiger partial charge in [0.05, 0.1) is 5.88 Å². The van der Waals surface area contributed by atoms with Crippen molar-refractivity contribution in [1.29, 1.82) is 0 Å². The molecule has 1 aromatic carbocycles. The minimum Gasteiger partial charge on any atom is -0.207 e. The summed E-state index contributed by atoms with van der Waals surface area (Å²) in [5.74, 6) is -0.336. The molecule has 0 bridgehead atoms. The Labute approximate surface area is 139 Å². The van der Waals surface area contributed by atoms with Crippen LogP contribution in [0.1, 0.15) is 18.9 Å². The fourth-order valence-electron chi connectivity index (χ4n) is 1.93. The average molecular weight is 374 g/mol. The van der Waals surface area contributed by atoms with Crippen LogP contribution < -0.4 is 0 Å². The zero-order valence-electron chi connectivity index (χ0n) is 12.1. The number of alkyl halides is 1. The lowest BCUT2D eigenvalue weighted by molar-refractivity contribution is 0.383. The van der Waals surface area contributed by atoms with Crippen molar-refractivity contribution in [3.05, 3.63) is 28.5 Å². The van der Waals surface area contributed by atoms with E-state index in [1.54, 1.807) is 11.8 Å². The van der Waals surface area contributed by atoms with E-state index in [9.17, 15) is 12.8 Å². The highest BCUT2D eigenvalue weighted by atomic mass is 35.5. The Bertz CT molecular complexity index is 596. The van der Waals surface area contributed by atoms with Crippen molar-refractivity contribution in [1.82, 2.24) is 4.31 Å². The molecule has 0 fully saturated rings. The molecule has 0 aliphatic carbocycles. The van der Waals surface area contributed by atoms with Gasteiger partial charge in [0.15, 0.2) is 0 Å². The van der Waals surface area contributed by atoms with Crippen molar-refractivity contribution in [3.63, 3.8) is 0 Å². The maximum atomic E-state index is 14.3. The predicted molar refractivity (Wildman–Crippen MR) is 88.4 cm³/mol. The lowest BCUT2D eigenvalue weighted by Crippen LogP contribution is -2.38. The van der Waals surface area contributed by atoms with Gasteiger partial charge >= 0.3 is 0 Å². The van der Waals surface area contributed by atoms with Gasteiger partial charge in [-0.2, -0.15) is 16.1 Å². The van der Waals surface area contributed by atoms with E-state index in [2.05, 4.69) is 0 Å². The van der Waals surface area contributed by atoms with Crippen molar-refractivity contribution in [3.8, 4) is 0 Å². The van der Waals surface area contributed by atoms with Gasteiger partial charge in [-0.05, 0) is 24.8 Å². The van der Waals surface area contributed by atoms with E-state index in [1.165, 1.54) is 17.4 Å². The fraction of sp³-hybridized carbons (Fsp3) is 0.538. The summed E-state index contributed by atoms with van der Waals surface area (Å²) < 4.78 is 40.8. The normalized spacial score (nSPS) is 13.7. The van der Waals surface area contributed by atoms with Crippen molar-refractivity contribution in [2.24, 2.45) is 0 Å². The number of hydrogen-bond acceptors (Lipinski definition) is 3. The van der Waals surface area contributed by atoms with E-state index in [4.69, 9.17) is 23.2 Å². The highest BCUT2D eigenvalue weighted by molar-refractivity contribution is 7.98. The molecule has 0 saturated heterocycles. The molecule has 8 heteroatoms. The van der Waals surface area contributed by atoms with Crippen molar-refractivity contribution in [2.75, 3.05) is 19.1 Å². The van der Waals surface area contributed by atoms with Crippen LogP contribution in [0.5, 0.6) is 0 Å². The third-order valence-corrected chi connectivity index (χ3v) is 6.36. The molecule has 0 amide bonds. The molecule has 0 aliphatic rings. The van der Waals surface area contributed by atoms with E-state index in [-0.39, 0.29) is 22.5 Å². The average Bonchev–Trinajstić information content (AvgIpc) is 2.45. The zero-order chi connectivity index (χ0) is 16.2. The summed E-state index contributed by atoms with van der Waals surface area (Å²) in [5.41, 5.74) is 0.0778.